The molecule has 0 heterocycles. The van der Waals surface area contributed by atoms with Gasteiger partial charge >= 0.3 is 0 Å². The number of sulfonamides is 1. The summed E-state index contributed by atoms with van der Waals surface area (Å²) in [6, 6.07) is 29.4. The first-order valence-electron chi connectivity index (χ1n) is 8.86. The lowest BCUT2D eigenvalue weighted by atomic mass is 10.1. The SMILES string of the molecule is O=S(=O)(c1ccc(Cl)cc1)N(Cc1ccccc1)c1cccc2ccccc12. The molecule has 0 unspecified atom stereocenters. The Hall–Kier alpha value is -2.82. The molecule has 0 N–H and O–H groups in total. The molecule has 5 heteroatoms. The fraction of sp³-hybridized carbons (Fsp3) is 0.0435. The van der Waals surface area contributed by atoms with Crippen LogP contribution in [0.5, 0.6) is 0 Å². The van der Waals surface area contributed by atoms with Crippen LogP contribution in [0.4, 0.5) is 5.69 Å². The average molecular weight is 408 g/mol. The van der Waals surface area contributed by atoms with Gasteiger partial charge in [0.15, 0.2) is 0 Å². The van der Waals surface area contributed by atoms with Crippen molar-refractivity contribution in [2.75, 3.05) is 4.31 Å². The predicted molar refractivity (Wildman–Crippen MR) is 115 cm³/mol. The minimum Gasteiger partial charge on any atom is -0.261 e. The van der Waals surface area contributed by atoms with Gasteiger partial charge in [0, 0.05) is 10.4 Å². The van der Waals surface area contributed by atoms with E-state index in [-0.39, 0.29) is 11.4 Å². The number of nitrogens with zero attached hydrogens (tertiary/aromatic N) is 1. The molecule has 4 aromatic rings. The molecule has 0 fully saturated rings. The lowest BCUT2D eigenvalue weighted by molar-refractivity contribution is 0.590. The number of fused-ring (bicyclic) bond motifs is 1. The number of benzene rings is 4. The van der Waals surface area contributed by atoms with E-state index < -0.39 is 10.0 Å². The van der Waals surface area contributed by atoms with Crippen LogP contribution in [-0.2, 0) is 16.6 Å². The van der Waals surface area contributed by atoms with Crippen LogP contribution < -0.4 is 4.31 Å². The largest absolute Gasteiger partial charge is 0.264 e. The predicted octanol–water partition coefficient (Wildman–Crippen LogP) is 5.89. The number of anilines is 1. The van der Waals surface area contributed by atoms with Crippen LogP contribution in [-0.4, -0.2) is 8.42 Å². The molecule has 3 nitrogen and oxygen atoms in total. The third-order valence-electron chi connectivity index (χ3n) is 4.61. The molecule has 0 aliphatic carbocycles. The summed E-state index contributed by atoms with van der Waals surface area (Å²) in [4.78, 5) is 0.209. The highest BCUT2D eigenvalue weighted by Gasteiger charge is 2.26. The first-order chi connectivity index (χ1) is 13.6. The van der Waals surface area contributed by atoms with E-state index in [4.69, 9.17) is 11.6 Å². The summed E-state index contributed by atoms with van der Waals surface area (Å²) >= 11 is 5.96. The molecule has 0 radical (unpaired) electrons. The Labute approximate surface area is 169 Å². The van der Waals surface area contributed by atoms with E-state index in [1.54, 1.807) is 24.3 Å². The van der Waals surface area contributed by atoms with E-state index in [2.05, 4.69) is 0 Å². The van der Waals surface area contributed by atoms with Crippen LogP contribution in [0.3, 0.4) is 0 Å². The summed E-state index contributed by atoms with van der Waals surface area (Å²) in [5.41, 5.74) is 1.56. The van der Waals surface area contributed by atoms with Crippen molar-refractivity contribution in [3.8, 4) is 0 Å². The maximum absolute atomic E-state index is 13.6. The summed E-state index contributed by atoms with van der Waals surface area (Å²) < 4.78 is 28.6. The molecule has 0 atom stereocenters. The van der Waals surface area contributed by atoms with Crippen molar-refractivity contribution in [3.63, 3.8) is 0 Å². The Morgan fingerprint density at radius 1 is 0.714 bits per heavy atom. The number of halogens is 1. The molecule has 0 aromatic heterocycles. The second-order valence-electron chi connectivity index (χ2n) is 6.45. The molecule has 140 valence electrons. The monoisotopic (exact) mass is 407 g/mol. The quantitative estimate of drug-likeness (QED) is 0.413. The minimum absolute atomic E-state index is 0.209. The van der Waals surface area contributed by atoms with Crippen molar-refractivity contribution in [2.24, 2.45) is 0 Å². The van der Waals surface area contributed by atoms with Crippen molar-refractivity contribution < 1.29 is 8.42 Å². The first-order valence-corrected chi connectivity index (χ1v) is 10.7. The van der Waals surface area contributed by atoms with Crippen LogP contribution in [0.15, 0.2) is 102 Å². The van der Waals surface area contributed by atoms with Crippen LogP contribution >= 0.6 is 11.6 Å². The summed E-state index contributed by atoms with van der Waals surface area (Å²) in [6.45, 7) is 0.236. The van der Waals surface area contributed by atoms with E-state index in [1.807, 2.05) is 72.8 Å². The zero-order valence-electron chi connectivity index (χ0n) is 15.0. The smallest absolute Gasteiger partial charge is 0.261 e. The van der Waals surface area contributed by atoms with Crippen LogP contribution in [0, 0.1) is 0 Å². The van der Waals surface area contributed by atoms with Gasteiger partial charge in [-0.25, -0.2) is 8.42 Å². The van der Waals surface area contributed by atoms with Crippen LogP contribution in [0.2, 0.25) is 5.02 Å². The highest BCUT2D eigenvalue weighted by atomic mass is 35.5. The molecule has 4 rings (SSSR count). The lowest BCUT2D eigenvalue weighted by Gasteiger charge is -2.26. The summed E-state index contributed by atoms with van der Waals surface area (Å²) in [5.74, 6) is 0. The van der Waals surface area contributed by atoms with E-state index in [9.17, 15) is 8.42 Å². The van der Waals surface area contributed by atoms with Gasteiger partial charge in [0.05, 0.1) is 17.1 Å². The van der Waals surface area contributed by atoms with Gasteiger partial charge in [-0.2, -0.15) is 0 Å². The molecule has 0 spiro atoms. The maximum atomic E-state index is 13.6. The molecule has 0 saturated carbocycles. The van der Waals surface area contributed by atoms with Crippen molar-refractivity contribution in [2.45, 2.75) is 11.4 Å². The molecule has 0 aliphatic rings. The van der Waals surface area contributed by atoms with Gasteiger partial charge in [0.1, 0.15) is 0 Å². The highest BCUT2D eigenvalue weighted by molar-refractivity contribution is 7.92. The highest BCUT2D eigenvalue weighted by Crippen LogP contribution is 2.32. The summed E-state index contributed by atoms with van der Waals surface area (Å²) in [6.07, 6.45) is 0. The van der Waals surface area contributed by atoms with Gasteiger partial charge < -0.3 is 0 Å². The Bertz CT molecular complexity index is 1200. The molecule has 4 aromatic carbocycles. The molecule has 0 aliphatic heterocycles. The summed E-state index contributed by atoms with van der Waals surface area (Å²) in [7, 11) is -3.79. The molecular weight excluding hydrogens is 390 g/mol. The standard InChI is InChI=1S/C23H18ClNO2S/c24-20-13-15-21(16-14-20)28(26,27)25(17-18-7-2-1-3-8-18)23-12-6-10-19-9-4-5-11-22(19)23/h1-16H,17H2. The van der Waals surface area contributed by atoms with Gasteiger partial charge in [-0.3, -0.25) is 4.31 Å². The third kappa shape index (κ3) is 3.61. The zero-order valence-corrected chi connectivity index (χ0v) is 16.6. The molecule has 0 amide bonds. The van der Waals surface area contributed by atoms with Crippen molar-refractivity contribution >= 4 is 38.1 Å². The van der Waals surface area contributed by atoms with Crippen molar-refractivity contribution in [1.82, 2.24) is 0 Å². The topological polar surface area (TPSA) is 37.4 Å². The Balaban J connectivity index is 1.90. The van der Waals surface area contributed by atoms with Gasteiger partial charge in [-0.05, 0) is 41.3 Å². The van der Waals surface area contributed by atoms with Gasteiger partial charge in [-0.15, -0.1) is 0 Å². The van der Waals surface area contributed by atoms with Gasteiger partial charge in [0.2, 0.25) is 0 Å². The second-order valence-corrected chi connectivity index (χ2v) is 8.75. The number of rotatable bonds is 5. The summed E-state index contributed by atoms with van der Waals surface area (Å²) in [5, 5.41) is 2.38. The van der Waals surface area contributed by atoms with Gasteiger partial charge in [0.25, 0.3) is 10.0 Å². The zero-order chi connectivity index (χ0) is 19.6. The van der Waals surface area contributed by atoms with E-state index in [1.165, 1.54) is 4.31 Å². The molecular formula is C23H18ClNO2S. The van der Waals surface area contributed by atoms with Crippen molar-refractivity contribution in [3.05, 3.63) is 108 Å². The van der Waals surface area contributed by atoms with Crippen molar-refractivity contribution in [1.29, 1.82) is 0 Å². The Morgan fingerprint density at radius 3 is 2.11 bits per heavy atom. The van der Waals surface area contributed by atoms with E-state index >= 15 is 0 Å². The Morgan fingerprint density at radius 2 is 1.36 bits per heavy atom. The van der Waals surface area contributed by atoms with Gasteiger partial charge in [-0.1, -0.05) is 78.3 Å². The molecule has 0 saturated heterocycles. The second kappa shape index (κ2) is 7.66. The van der Waals surface area contributed by atoms with Crippen LogP contribution in [0.1, 0.15) is 5.56 Å². The lowest BCUT2D eigenvalue weighted by Crippen LogP contribution is -2.30. The average Bonchev–Trinajstić information content (AvgIpc) is 2.73. The molecule has 28 heavy (non-hydrogen) atoms. The number of hydrogen-bond acceptors (Lipinski definition) is 2. The Kier molecular flexibility index (Phi) is 5.07. The minimum atomic E-state index is -3.79. The fourth-order valence-corrected chi connectivity index (χ4v) is 4.81. The van der Waals surface area contributed by atoms with Crippen LogP contribution in [0.25, 0.3) is 10.8 Å². The number of hydrogen-bond donors (Lipinski definition) is 0. The normalized spacial score (nSPS) is 11.5. The molecule has 0 bridgehead atoms. The van der Waals surface area contributed by atoms with E-state index in [0.29, 0.717) is 10.7 Å². The first kappa shape index (κ1) is 18.5. The third-order valence-corrected chi connectivity index (χ3v) is 6.63. The maximum Gasteiger partial charge on any atom is 0.264 e. The van der Waals surface area contributed by atoms with E-state index in [0.717, 1.165) is 16.3 Å². The fourth-order valence-electron chi connectivity index (χ4n) is 3.21.